The molecule has 8 heteroatoms. The molecule has 0 bridgehead atoms. The van der Waals surface area contributed by atoms with Crippen LogP contribution in [0.4, 0.5) is 4.39 Å². The number of hydrogen-bond donors (Lipinski definition) is 0. The van der Waals surface area contributed by atoms with Crippen LogP contribution in [0.3, 0.4) is 0 Å². The fraction of sp³-hybridized carbons (Fsp3) is 0.190. The first-order chi connectivity index (χ1) is 13.9. The molecule has 4 rings (SSSR count). The van der Waals surface area contributed by atoms with Crippen molar-refractivity contribution >= 4 is 34.0 Å². The molecule has 4 aromatic rings. The van der Waals surface area contributed by atoms with Gasteiger partial charge in [-0.15, -0.1) is 5.10 Å². The molecule has 0 spiro atoms. The van der Waals surface area contributed by atoms with Crippen molar-refractivity contribution in [3.63, 3.8) is 0 Å². The summed E-state index contributed by atoms with van der Waals surface area (Å²) < 4.78 is 21.2. The maximum atomic E-state index is 14.0. The predicted molar refractivity (Wildman–Crippen MR) is 113 cm³/mol. The maximum absolute atomic E-state index is 14.0. The van der Waals surface area contributed by atoms with Gasteiger partial charge in [0.2, 0.25) is 4.96 Å². The molecule has 2 aromatic heterocycles. The molecule has 0 atom stereocenters. The molecule has 0 N–H and O–H groups in total. The van der Waals surface area contributed by atoms with E-state index in [0.29, 0.717) is 27.8 Å². The van der Waals surface area contributed by atoms with Crippen molar-refractivity contribution in [1.29, 1.82) is 0 Å². The van der Waals surface area contributed by atoms with Crippen LogP contribution in [0.25, 0.3) is 22.4 Å². The molecule has 5 nitrogen and oxygen atoms in total. The summed E-state index contributed by atoms with van der Waals surface area (Å²) in [6.07, 6.45) is 1.43. The van der Waals surface area contributed by atoms with Gasteiger partial charge in [0, 0.05) is 11.1 Å². The van der Waals surface area contributed by atoms with Crippen LogP contribution in [0.2, 0.25) is 5.02 Å². The third kappa shape index (κ3) is 4.02. The van der Waals surface area contributed by atoms with Crippen molar-refractivity contribution in [2.75, 3.05) is 6.61 Å². The number of thiazole rings is 1. The lowest BCUT2D eigenvalue weighted by atomic mass is 10.2. The quantitative estimate of drug-likeness (QED) is 0.477. The van der Waals surface area contributed by atoms with E-state index in [-0.39, 0.29) is 16.1 Å². The normalized spacial score (nSPS) is 12.2. The lowest BCUT2D eigenvalue weighted by Crippen LogP contribution is -2.23. The number of halogens is 2. The topological polar surface area (TPSA) is 56.5 Å². The first kappa shape index (κ1) is 19.5. The zero-order chi connectivity index (χ0) is 20.5. The Labute approximate surface area is 175 Å². The molecule has 0 radical (unpaired) electrons. The monoisotopic (exact) mass is 429 g/mol. The standard InChI is InChI=1S/C21H17ClFN3O2S/c1-12(2)11-28-14-8-6-13(7-9-14)19-24-21-26(25-19)20(27)18(29-21)10-15-16(22)4-3-5-17(15)23/h3-10,12H,11H2,1-2H3. The van der Waals surface area contributed by atoms with Crippen LogP contribution < -0.4 is 14.8 Å². The number of nitrogens with zero attached hydrogens (tertiary/aromatic N) is 3. The van der Waals surface area contributed by atoms with Crippen molar-refractivity contribution in [3.8, 4) is 17.1 Å². The summed E-state index contributed by atoms with van der Waals surface area (Å²) >= 11 is 7.18. The Bertz CT molecular complexity index is 1260. The number of hydrogen-bond acceptors (Lipinski definition) is 5. The Hall–Kier alpha value is -2.77. The number of rotatable bonds is 5. The van der Waals surface area contributed by atoms with E-state index in [9.17, 15) is 9.18 Å². The largest absolute Gasteiger partial charge is 0.493 e. The van der Waals surface area contributed by atoms with Crippen molar-refractivity contribution in [1.82, 2.24) is 14.6 Å². The van der Waals surface area contributed by atoms with Gasteiger partial charge in [-0.05, 0) is 48.4 Å². The Balaban J connectivity index is 1.67. The molecule has 0 aliphatic heterocycles. The second-order valence-electron chi connectivity index (χ2n) is 6.91. The van der Waals surface area contributed by atoms with Crippen molar-refractivity contribution < 1.29 is 9.13 Å². The van der Waals surface area contributed by atoms with E-state index in [1.54, 1.807) is 6.07 Å². The number of aromatic nitrogens is 3. The molecular formula is C21H17ClFN3O2S. The van der Waals surface area contributed by atoms with Gasteiger partial charge in [-0.25, -0.2) is 4.39 Å². The summed E-state index contributed by atoms with van der Waals surface area (Å²) in [7, 11) is 0. The van der Waals surface area contributed by atoms with Crippen LogP contribution in [-0.4, -0.2) is 21.2 Å². The van der Waals surface area contributed by atoms with E-state index >= 15 is 0 Å². The highest BCUT2D eigenvalue weighted by atomic mass is 35.5. The third-order valence-electron chi connectivity index (χ3n) is 4.15. The zero-order valence-corrected chi connectivity index (χ0v) is 17.3. The van der Waals surface area contributed by atoms with Gasteiger partial charge in [-0.3, -0.25) is 4.79 Å². The van der Waals surface area contributed by atoms with E-state index in [0.717, 1.165) is 22.6 Å². The van der Waals surface area contributed by atoms with Crippen LogP contribution >= 0.6 is 22.9 Å². The van der Waals surface area contributed by atoms with Crippen molar-refractivity contribution in [3.05, 3.63) is 73.8 Å². The fourth-order valence-electron chi connectivity index (χ4n) is 2.70. The van der Waals surface area contributed by atoms with E-state index in [4.69, 9.17) is 16.3 Å². The van der Waals surface area contributed by atoms with E-state index in [1.165, 1.54) is 22.7 Å². The SMILES string of the molecule is CC(C)COc1ccc(-c2nc3sc(=Cc4c(F)cccc4Cl)c(=O)n3n2)cc1. The van der Waals surface area contributed by atoms with Crippen molar-refractivity contribution in [2.45, 2.75) is 13.8 Å². The summed E-state index contributed by atoms with van der Waals surface area (Å²) in [6.45, 7) is 4.81. The molecule has 0 aliphatic rings. The van der Waals surface area contributed by atoms with Crippen LogP contribution in [0, 0.1) is 11.7 Å². The first-order valence-corrected chi connectivity index (χ1v) is 10.2. The zero-order valence-electron chi connectivity index (χ0n) is 15.7. The minimum Gasteiger partial charge on any atom is -0.493 e. The molecule has 0 fully saturated rings. The lowest BCUT2D eigenvalue weighted by molar-refractivity contribution is 0.271. The maximum Gasteiger partial charge on any atom is 0.291 e. The van der Waals surface area contributed by atoms with Gasteiger partial charge in [0.25, 0.3) is 5.56 Å². The van der Waals surface area contributed by atoms with E-state index in [2.05, 4.69) is 23.9 Å². The summed E-state index contributed by atoms with van der Waals surface area (Å²) in [4.78, 5) is 17.5. The number of ether oxygens (including phenoxy) is 1. The van der Waals surface area contributed by atoms with Crippen LogP contribution in [0.15, 0.2) is 47.3 Å². The lowest BCUT2D eigenvalue weighted by Gasteiger charge is -2.08. The van der Waals surface area contributed by atoms with Gasteiger partial charge < -0.3 is 4.74 Å². The van der Waals surface area contributed by atoms with Crippen LogP contribution in [-0.2, 0) is 0 Å². The molecular weight excluding hydrogens is 413 g/mol. The third-order valence-corrected chi connectivity index (χ3v) is 5.44. The molecule has 148 valence electrons. The fourth-order valence-corrected chi connectivity index (χ4v) is 3.81. The Morgan fingerprint density at radius 2 is 2.00 bits per heavy atom. The first-order valence-electron chi connectivity index (χ1n) is 9.01. The second-order valence-corrected chi connectivity index (χ2v) is 8.33. The molecule has 0 amide bonds. The molecule has 2 heterocycles. The van der Waals surface area contributed by atoms with Crippen LogP contribution in [0.5, 0.6) is 5.75 Å². The Kier molecular flexibility index (Phi) is 5.34. The summed E-state index contributed by atoms with van der Waals surface area (Å²) in [5.41, 5.74) is 0.591. The van der Waals surface area contributed by atoms with Gasteiger partial charge in [-0.2, -0.15) is 9.50 Å². The predicted octanol–water partition coefficient (Wildman–Crippen LogP) is 4.19. The van der Waals surface area contributed by atoms with E-state index in [1.807, 2.05) is 24.3 Å². The highest BCUT2D eigenvalue weighted by Crippen LogP contribution is 2.22. The number of fused-ring (bicyclic) bond motifs is 1. The molecule has 0 unspecified atom stereocenters. The van der Waals surface area contributed by atoms with E-state index < -0.39 is 5.82 Å². The average molecular weight is 430 g/mol. The minimum absolute atomic E-state index is 0.174. The molecule has 0 saturated heterocycles. The molecule has 0 saturated carbocycles. The van der Waals surface area contributed by atoms with Gasteiger partial charge in [-0.1, -0.05) is 42.9 Å². The highest BCUT2D eigenvalue weighted by Gasteiger charge is 2.13. The smallest absolute Gasteiger partial charge is 0.291 e. The second kappa shape index (κ2) is 7.93. The average Bonchev–Trinajstić information content (AvgIpc) is 3.23. The van der Waals surface area contributed by atoms with Gasteiger partial charge in [0.05, 0.1) is 16.2 Å². The summed E-state index contributed by atoms with van der Waals surface area (Å²) in [5.74, 6) is 1.17. The minimum atomic E-state index is -0.489. The molecule has 0 aliphatic carbocycles. The molecule has 29 heavy (non-hydrogen) atoms. The Morgan fingerprint density at radius 1 is 1.24 bits per heavy atom. The molecule has 2 aromatic carbocycles. The van der Waals surface area contributed by atoms with Gasteiger partial charge in [0.1, 0.15) is 11.6 Å². The summed E-state index contributed by atoms with van der Waals surface area (Å²) in [6, 6.07) is 11.8. The van der Waals surface area contributed by atoms with Gasteiger partial charge >= 0.3 is 0 Å². The summed E-state index contributed by atoms with van der Waals surface area (Å²) in [5, 5.41) is 4.55. The highest BCUT2D eigenvalue weighted by molar-refractivity contribution is 7.15. The number of benzene rings is 2. The van der Waals surface area contributed by atoms with Crippen LogP contribution in [0.1, 0.15) is 19.4 Å². The Morgan fingerprint density at radius 3 is 2.66 bits per heavy atom. The van der Waals surface area contributed by atoms with Gasteiger partial charge in [0.15, 0.2) is 5.82 Å². The van der Waals surface area contributed by atoms with Crippen molar-refractivity contribution in [2.24, 2.45) is 5.92 Å².